The van der Waals surface area contributed by atoms with E-state index < -0.39 is 0 Å². The quantitative estimate of drug-likeness (QED) is 0.742. The van der Waals surface area contributed by atoms with Gasteiger partial charge in [-0.3, -0.25) is 4.79 Å². The molecule has 0 radical (unpaired) electrons. The van der Waals surface area contributed by atoms with Crippen molar-refractivity contribution in [1.29, 1.82) is 0 Å². The van der Waals surface area contributed by atoms with E-state index in [1.165, 1.54) is 11.1 Å². The highest BCUT2D eigenvalue weighted by Crippen LogP contribution is 2.48. The summed E-state index contributed by atoms with van der Waals surface area (Å²) in [6.07, 6.45) is 7.40. The molecule has 4 rings (SSSR count). The summed E-state index contributed by atoms with van der Waals surface area (Å²) < 4.78 is 2.04. The lowest BCUT2D eigenvalue weighted by Crippen LogP contribution is -2.34. The molecule has 1 fully saturated rings. The second-order valence-corrected chi connectivity index (χ2v) is 7.14. The molecule has 4 heteroatoms. The van der Waals surface area contributed by atoms with Crippen LogP contribution >= 0.6 is 0 Å². The Balaban J connectivity index is 1.47. The Morgan fingerprint density at radius 3 is 2.65 bits per heavy atom. The number of amides is 1. The summed E-state index contributed by atoms with van der Waals surface area (Å²) in [6.45, 7) is 3.39. The first-order valence-corrected chi connectivity index (χ1v) is 9.05. The average Bonchev–Trinajstić information content (AvgIpc) is 3.32. The van der Waals surface area contributed by atoms with Gasteiger partial charge in [-0.1, -0.05) is 54.1 Å². The number of benzene rings is 2. The SMILES string of the molecule is Cc1cccc(C2(C(=O)NCc3ccccc3Cn3ccnc3)CC2)c1. The van der Waals surface area contributed by atoms with Crippen LogP contribution in [0.3, 0.4) is 0 Å². The molecular formula is C22H23N3O. The molecule has 0 aliphatic heterocycles. The van der Waals surface area contributed by atoms with Crippen molar-refractivity contribution >= 4 is 5.91 Å². The number of hydrogen-bond acceptors (Lipinski definition) is 2. The van der Waals surface area contributed by atoms with Gasteiger partial charge in [-0.25, -0.2) is 4.98 Å². The fraction of sp³-hybridized carbons (Fsp3) is 0.273. The van der Waals surface area contributed by atoms with Crippen LogP contribution in [-0.4, -0.2) is 15.5 Å². The van der Waals surface area contributed by atoms with E-state index in [4.69, 9.17) is 0 Å². The highest BCUT2D eigenvalue weighted by atomic mass is 16.2. The second kappa shape index (κ2) is 6.79. The molecule has 0 bridgehead atoms. The topological polar surface area (TPSA) is 46.9 Å². The summed E-state index contributed by atoms with van der Waals surface area (Å²) in [5.74, 6) is 0.139. The smallest absolute Gasteiger partial charge is 0.230 e. The van der Waals surface area contributed by atoms with Gasteiger partial charge >= 0.3 is 0 Å². The molecular weight excluding hydrogens is 322 g/mol. The van der Waals surface area contributed by atoms with E-state index in [1.807, 2.05) is 35.3 Å². The third-order valence-electron chi connectivity index (χ3n) is 5.23. The first-order valence-electron chi connectivity index (χ1n) is 9.05. The molecule has 1 N–H and O–H groups in total. The normalized spacial score (nSPS) is 14.8. The first-order chi connectivity index (χ1) is 12.7. The predicted octanol–water partition coefficient (Wildman–Crippen LogP) is 3.59. The lowest BCUT2D eigenvalue weighted by atomic mass is 9.93. The molecule has 132 valence electrons. The third kappa shape index (κ3) is 3.27. The number of carbonyl (C=O) groups excluding carboxylic acids is 1. The van der Waals surface area contributed by atoms with Gasteiger partial charge in [0.25, 0.3) is 0 Å². The molecule has 4 nitrogen and oxygen atoms in total. The fourth-order valence-corrected chi connectivity index (χ4v) is 3.52. The molecule has 3 aromatic rings. The van der Waals surface area contributed by atoms with Gasteiger partial charge in [0, 0.05) is 25.5 Å². The van der Waals surface area contributed by atoms with Gasteiger partial charge in [0.05, 0.1) is 11.7 Å². The Bertz CT molecular complexity index is 911. The Morgan fingerprint density at radius 2 is 1.96 bits per heavy atom. The number of imidazole rings is 1. The van der Waals surface area contributed by atoms with Crippen LogP contribution in [0, 0.1) is 6.92 Å². The monoisotopic (exact) mass is 345 g/mol. The summed E-state index contributed by atoms with van der Waals surface area (Å²) in [7, 11) is 0. The number of nitrogens with one attached hydrogen (secondary N) is 1. The molecule has 1 saturated carbocycles. The zero-order valence-electron chi connectivity index (χ0n) is 15.0. The molecule has 0 unspecified atom stereocenters. The predicted molar refractivity (Wildman–Crippen MR) is 102 cm³/mol. The minimum absolute atomic E-state index is 0.139. The lowest BCUT2D eigenvalue weighted by molar-refractivity contribution is -0.123. The van der Waals surface area contributed by atoms with Crippen LogP contribution in [0.25, 0.3) is 0 Å². The van der Waals surface area contributed by atoms with Crippen LogP contribution in [-0.2, 0) is 23.3 Å². The van der Waals surface area contributed by atoms with Crippen LogP contribution in [0.15, 0.2) is 67.3 Å². The molecule has 1 aliphatic carbocycles. The highest BCUT2D eigenvalue weighted by molar-refractivity contribution is 5.91. The van der Waals surface area contributed by atoms with Gasteiger partial charge < -0.3 is 9.88 Å². The minimum Gasteiger partial charge on any atom is -0.351 e. The third-order valence-corrected chi connectivity index (χ3v) is 5.23. The van der Waals surface area contributed by atoms with E-state index in [2.05, 4.69) is 47.6 Å². The molecule has 1 amide bonds. The minimum atomic E-state index is -0.328. The molecule has 1 aliphatic rings. The maximum atomic E-state index is 12.9. The molecule has 0 saturated heterocycles. The van der Waals surface area contributed by atoms with E-state index in [-0.39, 0.29) is 11.3 Å². The van der Waals surface area contributed by atoms with Gasteiger partial charge in [0.1, 0.15) is 0 Å². The zero-order chi connectivity index (χ0) is 18.0. The Morgan fingerprint density at radius 1 is 1.15 bits per heavy atom. The van der Waals surface area contributed by atoms with Crippen LogP contribution in [0.5, 0.6) is 0 Å². The second-order valence-electron chi connectivity index (χ2n) is 7.14. The van der Waals surface area contributed by atoms with Crippen LogP contribution in [0.2, 0.25) is 0 Å². The number of carbonyl (C=O) groups is 1. The van der Waals surface area contributed by atoms with Crippen LogP contribution in [0.1, 0.15) is 35.1 Å². The number of nitrogens with zero attached hydrogens (tertiary/aromatic N) is 2. The summed E-state index contributed by atoms with van der Waals surface area (Å²) >= 11 is 0. The molecule has 2 aromatic carbocycles. The Labute approximate surface area is 153 Å². The summed E-state index contributed by atoms with van der Waals surface area (Å²) in [5.41, 5.74) is 4.36. The van der Waals surface area contributed by atoms with Crippen molar-refractivity contribution in [2.45, 2.75) is 38.3 Å². The maximum absolute atomic E-state index is 12.9. The van der Waals surface area contributed by atoms with Crippen LogP contribution < -0.4 is 5.32 Å². The van der Waals surface area contributed by atoms with E-state index in [0.717, 1.165) is 30.5 Å². The largest absolute Gasteiger partial charge is 0.351 e. The van der Waals surface area contributed by atoms with Crippen molar-refractivity contribution in [3.8, 4) is 0 Å². The van der Waals surface area contributed by atoms with E-state index in [0.29, 0.717) is 6.54 Å². The fourth-order valence-electron chi connectivity index (χ4n) is 3.52. The number of aryl methyl sites for hydroxylation is 1. The van der Waals surface area contributed by atoms with E-state index >= 15 is 0 Å². The van der Waals surface area contributed by atoms with Gasteiger partial charge in [0.2, 0.25) is 5.91 Å². The Hall–Kier alpha value is -2.88. The standard InChI is InChI=1S/C22H23N3O/c1-17-5-4-8-20(13-17)22(9-10-22)21(26)24-14-18-6-2-3-7-19(18)15-25-12-11-23-16-25/h2-8,11-13,16H,9-10,14-15H2,1H3,(H,24,26). The van der Waals surface area contributed by atoms with Crippen molar-refractivity contribution < 1.29 is 4.79 Å². The summed E-state index contributed by atoms with van der Waals surface area (Å²) in [5, 5.41) is 3.18. The van der Waals surface area contributed by atoms with Gasteiger partial charge in [-0.2, -0.15) is 0 Å². The van der Waals surface area contributed by atoms with Crippen molar-refractivity contribution in [3.05, 3.63) is 89.5 Å². The van der Waals surface area contributed by atoms with Gasteiger partial charge in [-0.15, -0.1) is 0 Å². The van der Waals surface area contributed by atoms with Crippen LogP contribution in [0.4, 0.5) is 0 Å². The average molecular weight is 345 g/mol. The van der Waals surface area contributed by atoms with E-state index in [1.54, 1.807) is 6.20 Å². The Kier molecular flexibility index (Phi) is 4.33. The van der Waals surface area contributed by atoms with Crippen molar-refractivity contribution in [1.82, 2.24) is 14.9 Å². The van der Waals surface area contributed by atoms with E-state index in [9.17, 15) is 4.79 Å². The van der Waals surface area contributed by atoms with Crippen molar-refractivity contribution in [2.75, 3.05) is 0 Å². The molecule has 26 heavy (non-hydrogen) atoms. The maximum Gasteiger partial charge on any atom is 0.230 e. The zero-order valence-corrected chi connectivity index (χ0v) is 15.0. The number of hydrogen-bond donors (Lipinski definition) is 1. The number of rotatable bonds is 6. The molecule has 1 aromatic heterocycles. The first kappa shape index (κ1) is 16.6. The van der Waals surface area contributed by atoms with Crippen molar-refractivity contribution in [3.63, 3.8) is 0 Å². The van der Waals surface area contributed by atoms with Gasteiger partial charge in [0.15, 0.2) is 0 Å². The van der Waals surface area contributed by atoms with Crippen molar-refractivity contribution in [2.24, 2.45) is 0 Å². The lowest BCUT2D eigenvalue weighted by Gasteiger charge is -2.17. The molecule has 0 spiro atoms. The van der Waals surface area contributed by atoms with Gasteiger partial charge in [-0.05, 0) is 36.5 Å². The summed E-state index contributed by atoms with van der Waals surface area (Å²) in [6, 6.07) is 16.6. The summed E-state index contributed by atoms with van der Waals surface area (Å²) in [4.78, 5) is 17.0. The molecule has 0 atom stereocenters. The number of aromatic nitrogens is 2. The molecule has 1 heterocycles. The highest BCUT2D eigenvalue weighted by Gasteiger charge is 2.51.